The molecule has 1 heterocycles. The summed E-state index contributed by atoms with van der Waals surface area (Å²) < 4.78 is 0.697. The molecule has 0 aromatic carbocycles. The van der Waals surface area contributed by atoms with Gasteiger partial charge in [0.1, 0.15) is 5.78 Å². The molecule has 20 heavy (non-hydrogen) atoms. The summed E-state index contributed by atoms with van der Waals surface area (Å²) in [6.45, 7) is 5.83. The van der Waals surface area contributed by atoms with Gasteiger partial charge in [-0.1, -0.05) is 13.8 Å². The predicted octanol–water partition coefficient (Wildman–Crippen LogP) is 0.993. The number of carbonyl (C=O) groups excluding carboxylic acids is 3. The molecule has 0 bridgehead atoms. The van der Waals surface area contributed by atoms with Crippen LogP contribution in [0.4, 0.5) is 0 Å². The van der Waals surface area contributed by atoms with Crippen molar-refractivity contribution in [3.05, 3.63) is 12.2 Å². The van der Waals surface area contributed by atoms with Crippen LogP contribution in [0.2, 0.25) is 0 Å². The molecule has 0 atom stereocenters. The molecule has 1 rings (SSSR count). The lowest BCUT2D eigenvalue weighted by molar-refractivity contribution is -0.889. The fourth-order valence-electron chi connectivity index (χ4n) is 2.10. The third-order valence-corrected chi connectivity index (χ3v) is 3.66. The monoisotopic (exact) mass is 281 g/mol. The number of hydrogen-bond acceptors (Lipinski definition) is 3. The van der Waals surface area contributed by atoms with Crippen molar-refractivity contribution in [1.29, 1.82) is 0 Å². The lowest BCUT2D eigenvalue weighted by Crippen LogP contribution is -2.47. The van der Waals surface area contributed by atoms with E-state index >= 15 is 0 Å². The molecule has 0 aromatic heterocycles. The first kappa shape index (κ1) is 16.6. The lowest BCUT2D eigenvalue weighted by Gasteiger charge is -2.31. The number of nitrogens with zero attached hydrogens (tertiary/aromatic N) is 2. The second kappa shape index (κ2) is 6.79. The molecule has 0 saturated heterocycles. The topological polar surface area (TPSA) is 54.5 Å². The van der Waals surface area contributed by atoms with Crippen molar-refractivity contribution in [1.82, 2.24) is 4.90 Å². The summed E-state index contributed by atoms with van der Waals surface area (Å²) in [5.41, 5.74) is 0. The van der Waals surface area contributed by atoms with Crippen LogP contribution in [-0.2, 0) is 14.4 Å². The maximum absolute atomic E-state index is 11.6. The maximum atomic E-state index is 11.6. The van der Waals surface area contributed by atoms with Crippen LogP contribution < -0.4 is 0 Å². The summed E-state index contributed by atoms with van der Waals surface area (Å²) in [4.78, 5) is 35.7. The van der Waals surface area contributed by atoms with E-state index in [1.807, 2.05) is 13.8 Å². The van der Waals surface area contributed by atoms with Crippen LogP contribution in [0, 0.1) is 5.92 Å². The maximum Gasteiger partial charge on any atom is 0.253 e. The summed E-state index contributed by atoms with van der Waals surface area (Å²) in [6.07, 6.45) is 4.06. The molecule has 2 amide bonds. The van der Waals surface area contributed by atoms with Crippen LogP contribution in [0.15, 0.2) is 12.2 Å². The standard InChI is InChI=1S/C15H25N2O3/c1-12(2)13(18)6-5-10-17(3,4)11-9-16-14(19)7-8-15(16)20/h7-8,12H,5-6,9-11H2,1-4H3/q+1. The SMILES string of the molecule is CC(C)C(=O)CCC[N+](C)(C)CCN1C(=O)C=CC1=O. The van der Waals surface area contributed by atoms with Crippen LogP contribution >= 0.6 is 0 Å². The summed E-state index contributed by atoms with van der Waals surface area (Å²) in [6, 6.07) is 0. The van der Waals surface area contributed by atoms with Gasteiger partial charge in [0.05, 0.1) is 33.7 Å². The molecule has 5 nitrogen and oxygen atoms in total. The molecule has 0 aliphatic carbocycles. The zero-order valence-electron chi connectivity index (χ0n) is 12.9. The van der Waals surface area contributed by atoms with E-state index in [1.165, 1.54) is 17.1 Å². The van der Waals surface area contributed by atoms with Crippen LogP contribution in [-0.4, -0.2) is 60.7 Å². The minimum Gasteiger partial charge on any atom is -0.327 e. The van der Waals surface area contributed by atoms with E-state index in [0.717, 1.165) is 13.0 Å². The molecule has 0 N–H and O–H groups in total. The van der Waals surface area contributed by atoms with Crippen LogP contribution in [0.5, 0.6) is 0 Å². The van der Waals surface area contributed by atoms with Gasteiger partial charge in [0.25, 0.3) is 11.8 Å². The van der Waals surface area contributed by atoms with Crippen molar-refractivity contribution < 1.29 is 18.9 Å². The number of likely N-dealkylation sites (N-methyl/N-ethyl adjacent to an activating group) is 1. The number of rotatable bonds is 8. The first-order chi connectivity index (χ1) is 9.23. The third kappa shape index (κ3) is 4.89. The van der Waals surface area contributed by atoms with Gasteiger partial charge in [0.15, 0.2) is 0 Å². The van der Waals surface area contributed by atoms with Gasteiger partial charge in [-0.05, 0) is 0 Å². The van der Waals surface area contributed by atoms with Gasteiger partial charge in [-0.15, -0.1) is 0 Å². The Kier molecular flexibility index (Phi) is 5.62. The van der Waals surface area contributed by atoms with Crippen LogP contribution in [0.3, 0.4) is 0 Å². The van der Waals surface area contributed by atoms with E-state index in [-0.39, 0.29) is 17.7 Å². The normalized spacial score (nSPS) is 15.6. The highest BCUT2D eigenvalue weighted by Crippen LogP contribution is 2.08. The van der Waals surface area contributed by atoms with Crippen molar-refractivity contribution in [2.45, 2.75) is 26.7 Å². The largest absolute Gasteiger partial charge is 0.327 e. The van der Waals surface area contributed by atoms with Crippen molar-refractivity contribution >= 4 is 17.6 Å². The Bertz CT molecular complexity index is 407. The number of quaternary nitrogens is 1. The van der Waals surface area contributed by atoms with Gasteiger partial charge in [-0.25, -0.2) is 0 Å². The average molecular weight is 281 g/mol. The molecule has 0 spiro atoms. The predicted molar refractivity (Wildman–Crippen MR) is 76.8 cm³/mol. The Morgan fingerprint density at radius 1 is 1.15 bits per heavy atom. The van der Waals surface area contributed by atoms with Crippen LogP contribution in [0.1, 0.15) is 26.7 Å². The Morgan fingerprint density at radius 3 is 2.20 bits per heavy atom. The molecule has 0 saturated carbocycles. The van der Waals surface area contributed by atoms with Gasteiger partial charge < -0.3 is 4.48 Å². The fraction of sp³-hybridized carbons (Fsp3) is 0.667. The zero-order valence-corrected chi connectivity index (χ0v) is 12.9. The Hall–Kier alpha value is -1.49. The summed E-state index contributed by atoms with van der Waals surface area (Å²) in [7, 11) is 4.11. The minimum atomic E-state index is -0.231. The van der Waals surface area contributed by atoms with Gasteiger partial charge in [-0.3, -0.25) is 19.3 Å². The Morgan fingerprint density at radius 2 is 1.70 bits per heavy atom. The zero-order chi connectivity index (χ0) is 15.3. The highest BCUT2D eigenvalue weighted by Gasteiger charge is 2.26. The highest BCUT2D eigenvalue weighted by atomic mass is 16.2. The first-order valence-electron chi connectivity index (χ1n) is 7.11. The van der Waals surface area contributed by atoms with Crippen molar-refractivity contribution in [2.24, 2.45) is 5.92 Å². The Labute approximate surface area is 120 Å². The summed E-state index contributed by atoms with van der Waals surface area (Å²) in [5.74, 6) is -0.0781. The van der Waals surface area contributed by atoms with Gasteiger partial charge in [0.2, 0.25) is 0 Å². The van der Waals surface area contributed by atoms with Gasteiger partial charge >= 0.3 is 0 Å². The molecule has 112 valence electrons. The molecule has 0 unspecified atom stereocenters. The Balaban J connectivity index is 2.33. The minimum absolute atomic E-state index is 0.0940. The van der Waals surface area contributed by atoms with E-state index in [9.17, 15) is 14.4 Å². The van der Waals surface area contributed by atoms with Crippen molar-refractivity contribution in [3.63, 3.8) is 0 Å². The van der Waals surface area contributed by atoms with Crippen molar-refractivity contribution in [3.8, 4) is 0 Å². The average Bonchev–Trinajstić information content (AvgIpc) is 2.66. The molecular weight excluding hydrogens is 256 g/mol. The number of amides is 2. The highest BCUT2D eigenvalue weighted by molar-refractivity contribution is 6.12. The van der Waals surface area contributed by atoms with E-state index in [1.54, 1.807) is 0 Å². The van der Waals surface area contributed by atoms with Gasteiger partial charge in [0, 0.05) is 30.9 Å². The van der Waals surface area contributed by atoms with Crippen molar-refractivity contribution in [2.75, 3.05) is 33.7 Å². The third-order valence-electron chi connectivity index (χ3n) is 3.66. The molecule has 0 fully saturated rings. The quantitative estimate of drug-likeness (QED) is 0.492. The number of Topliss-reactive ketones (excluding diaryl/α,β-unsaturated/α-hetero) is 1. The smallest absolute Gasteiger partial charge is 0.253 e. The molecule has 5 heteroatoms. The molecule has 1 aliphatic heterocycles. The molecule has 0 aromatic rings. The van der Waals surface area contributed by atoms with E-state index < -0.39 is 0 Å². The number of carbonyl (C=O) groups is 3. The number of ketones is 1. The summed E-state index contributed by atoms with van der Waals surface area (Å²) >= 11 is 0. The van der Waals surface area contributed by atoms with E-state index in [2.05, 4.69) is 14.1 Å². The molecule has 0 radical (unpaired) electrons. The second-order valence-electron chi connectivity index (χ2n) is 6.27. The lowest BCUT2D eigenvalue weighted by atomic mass is 10.0. The number of hydrogen-bond donors (Lipinski definition) is 0. The fourth-order valence-corrected chi connectivity index (χ4v) is 2.10. The first-order valence-corrected chi connectivity index (χ1v) is 7.11. The van der Waals surface area contributed by atoms with E-state index in [0.29, 0.717) is 29.8 Å². The van der Waals surface area contributed by atoms with Gasteiger partial charge in [-0.2, -0.15) is 0 Å². The number of imide groups is 1. The summed E-state index contributed by atoms with van der Waals surface area (Å²) in [5, 5.41) is 0. The molecular formula is C15H25N2O3+. The second-order valence-corrected chi connectivity index (χ2v) is 6.27. The molecule has 1 aliphatic rings. The van der Waals surface area contributed by atoms with E-state index in [4.69, 9.17) is 0 Å². The van der Waals surface area contributed by atoms with Crippen LogP contribution in [0.25, 0.3) is 0 Å².